The Morgan fingerprint density at radius 3 is 2.60 bits per heavy atom. The summed E-state index contributed by atoms with van der Waals surface area (Å²) in [6.07, 6.45) is 2.87. The number of aryl methyl sites for hydroxylation is 1. The summed E-state index contributed by atoms with van der Waals surface area (Å²) in [6, 6.07) is 5.12. The van der Waals surface area contributed by atoms with Crippen LogP contribution in [0.3, 0.4) is 0 Å². The standard InChI is InChI=1S/C21H24N2O6S/c1-28-12-9-10-15(29-2)14(11-12)22-20(27)19-13-5-3-6-16(13)30-21(19)23-17(24)7-4-8-18(25)26/h9-11H,3-8H2,1-2H3,(H,22,27)(H,23,24)(H,25,26). The minimum absolute atomic E-state index is 0.0721. The number of hydrogen-bond donors (Lipinski definition) is 3. The fourth-order valence-electron chi connectivity index (χ4n) is 3.42. The maximum Gasteiger partial charge on any atom is 0.303 e. The highest BCUT2D eigenvalue weighted by Crippen LogP contribution is 2.40. The lowest BCUT2D eigenvalue weighted by Crippen LogP contribution is -2.18. The maximum atomic E-state index is 13.2. The van der Waals surface area contributed by atoms with E-state index in [0.29, 0.717) is 27.8 Å². The molecule has 0 aliphatic heterocycles. The molecule has 8 nitrogen and oxygen atoms in total. The average Bonchev–Trinajstić information content (AvgIpc) is 3.28. The van der Waals surface area contributed by atoms with Gasteiger partial charge in [0.1, 0.15) is 16.5 Å². The quantitative estimate of drug-likeness (QED) is 0.557. The van der Waals surface area contributed by atoms with Gasteiger partial charge in [-0.1, -0.05) is 0 Å². The SMILES string of the molecule is COc1ccc(OC)c(NC(=O)c2c(NC(=O)CCCC(=O)O)sc3c2CCC3)c1. The van der Waals surface area contributed by atoms with E-state index < -0.39 is 5.97 Å². The number of carbonyl (C=O) groups excluding carboxylic acids is 2. The second-order valence-corrected chi connectivity index (χ2v) is 7.98. The van der Waals surface area contributed by atoms with E-state index in [2.05, 4.69) is 10.6 Å². The number of carboxylic acids is 1. The summed E-state index contributed by atoms with van der Waals surface area (Å²) in [5.41, 5.74) is 1.89. The van der Waals surface area contributed by atoms with Crippen molar-refractivity contribution >= 4 is 39.8 Å². The zero-order valence-electron chi connectivity index (χ0n) is 16.9. The number of carbonyl (C=O) groups is 3. The number of hydrogen-bond acceptors (Lipinski definition) is 6. The van der Waals surface area contributed by atoms with Crippen molar-refractivity contribution in [2.24, 2.45) is 0 Å². The molecule has 1 aliphatic carbocycles. The molecular formula is C21H24N2O6S. The van der Waals surface area contributed by atoms with E-state index >= 15 is 0 Å². The van der Waals surface area contributed by atoms with Gasteiger partial charge in [-0.25, -0.2) is 0 Å². The van der Waals surface area contributed by atoms with Gasteiger partial charge in [-0.2, -0.15) is 0 Å². The number of rotatable bonds is 9. The third-order valence-corrected chi connectivity index (χ3v) is 6.06. The lowest BCUT2D eigenvalue weighted by Gasteiger charge is -2.13. The number of anilines is 2. The topological polar surface area (TPSA) is 114 Å². The molecule has 1 heterocycles. The molecule has 2 aromatic rings. The molecule has 3 rings (SSSR count). The number of carboxylic acid groups (broad SMARTS) is 1. The number of thiophene rings is 1. The van der Waals surface area contributed by atoms with Gasteiger partial charge < -0.3 is 25.2 Å². The largest absolute Gasteiger partial charge is 0.497 e. The summed E-state index contributed by atoms with van der Waals surface area (Å²) in [4.78, 5) is 37.2. The van der Waals surface area contributed by atoms with Crippen LogP contribution >= 0.6 is 11.3 Å². The lowest BCUT2D eigenvalue weighted by molar-refractivity contribution is -0.137. The predicted molar refractivity (Wildman–Crippen MR) is 114 cm³/mol. The highest BCUT2D eigenvalue weighted by atomic mass is 32.1. The first-order chi connectivity index (χ1) is 14.4. The Morgan fingerprint density at radius 2 is 1.90 bits per heavy atom. The summed E-state index contributed by atoms with van der Waals surface area (Å²) in [7, 11) is 3.06. The van der Waals surface area contributed by atoms with Crippen molar-refractivity contribution in [2.45, 2.75) is 38.5 Å². The van der Waals surface area contributed by atoms with Crippen LogP contribution in [0.1, 0.15) is 46.5 Å². The molecule has 0 saturated heterocycles. The van der Waals surface area contributed by atoms with Gasteiger partial charge in [-0.15, -0.1) is 11.3 Å². The van der Waals surface area contributed by atoms with Gasteiger partial charge in [0, 0.05) is 23.8 Å². The molecular weight excluding hydrogens is 408 g/mol. The molecule has 0 saturated carbocycles. The van der Waals surface area contributed by atoms with Crippen molar-refractivity contribution < 1.29 is 29.0 Å². The molecule has 1 aliphatic rings. The Morgan fingerprint density at radius 1 is 1.10 bits per heavy atom. The number of amides is 2. The summed E-state index contributed by atoms with van der Waals surface area (Å²) < 4.78 is 10.6. The van der Waals surface area contributed by atoms with E-state index in [9.17, 15) is 14.4 Å². The normalized spacial score (nSPS) is 12.2. The number of aliphatic carboxylic acids is 1. The molecule has 0 radical (unpaired) electrons. The zero-order valence-corrected chi connectivity index (χ0v) is 17.7. The molecule has 3 N–H and O–H groups in total. The van der Waals surface area contributed by atoms with Gasteiger partial charge in [0.05, 0.1) is 25.5 Å². The number of benzene rings is 1. The van der Waals surface area contributed by atoms with Crippen LogP contribution in [0, 0.1) is 0 Å². The zero-order chi connectivity index (χ0) is 21.7. The van der Waals surface area contributed by atoms with E-state index in [-0.39, 0.29) is 31.1 Å². The first-order valence-electron chi connectivity index (χ1n) is 9.62. The van der Waals surface area contributed by atoms with Crippen molar-refractivity contribution in [1.29, 1.82) is 0 Å². The molecule has 0 fully saturated rings. The minimum Gasteiger partial charge on any atom is -0.497 e. The Kier molecular flexibility index (Phi) is 6.94. The van der Waals surface area contributed by atoms with Crippen LogP contribution < -0.4 is 20.1 Å². The third kappa shape index (κ3) is 4.91. The van der Waals surface area contributed by atoms with Crippen molar-refractivity contribution in [3.63, 3.8) is 0 Å². The highest BCUT2D eigenvalue weighted by Gasteiger charge is 2.28. The van der Waals surface area contributed by atoms with Crippen LogP contribution in [-0.4, -0.2) is 37.1 Å². The molecule has 0 spiro atoms. The van der Waals surface area contributed by atoms with Crippen molar-refractivity contribution in [2.75, 3.05) is 24.9 Å². The molecule has 0 atom stereocenters. The average molecular weight is 432 g/mol. The van der Waals surface area contributed by atoms with Gasteiger partial charge in [-0.05, 0) is 43.4 Å². The van der Waals surface area contributed by atoms with E-state index in [1.54, 1.807) is 18.2 Å². The molecule has 0 bridgehead atoms. The van der Waals surface area contributed by atoms with E-state index in [1.807, 2.05) is 0 Å². The first kappa shape index (κ1) is 21.6. The van der Waals surface area contributed by atoms with Gasteiger partial charge in [0.25, 0.3) is 5.91 Å². The molecule has 160 valence electrons. The summed E-state index contributed by atoms with van der Waals surface area (Å²) >= 11 is 1.41. The second kappa shape index (κ2) is 9.62. The number of methoxy groups -OCH3 is 2. The fraction of sp³-hybridized carbons (Fsp3) is 0.381. The van der Waals surface area contributed by atoms with Crippen molar-refractivity contribution in [3.05, 3.63) is 34.2 Å². The number of ether oxygens (including phenoxy) is 2. The van der Waals surface area contributed by atoms with Gasteiger partial charge in [0.15, 0.2) is 0 Å². The Labute approximate surface area is 178 Å². The van der Waals surface area contributed by atoms with Crippen LogP contribution in [0.5, 0.6) is 11.5 Å². The highest BCUT2D eigenvalue weighted by molar-refractivity contribution is 7.17. The van der Waals surface area contributed by atoms with Crippen molar-refractivity contribution in [1.82, 2.24) is 0 Å². The summed E-state index contributed by atoms with van der Waals surface area (Å²) in [6.45, 7) is 0. The van der Waals surface area contributed by atoms with Crippen LogP contribution in [0.2, 0.25) is 0 Å². The monoisotopic (exact) mass is 432 g/mol. The smallest absolute Gasteiger partial charge is 0.303 e. The maximum absolute atomic E-state index is 13.2. The Bertz CT molecular complexity index is 969. The van der Waals surface area contributed by atoms with E-state index in [0.717, 1.165) is 29.7 Å². The molecule has 0 unspecified atom stereocenters. The van der Waals surface area contributed by atoms with Gasteiger partial charge in [-0.3, -0.25) is 14.4 Å². The van der Waals surface area contributed by atoms with Crippen molar-refractivity contribution in [3.8, 4) is 11.5 Å². The fourth-order valence-corrected chi connectivity index (χ4v) is 4.72. The number of nitrogens with one attached hydrogen (secondary N) is 2. The van der Waals surface area contributed by atoms with Gasteiger partial charge >= 0.3 is 5.97 Å². The summed E-state index contributed by atoms with van der Waals surface area (Å²) in [5, 5.41) is 14.9. The first-order valence-corrected chi connectivity index (χ1v) is 10.4. The minimum atomic E-state index is -0.940. The van der Waals surface area contributed by atoms with Crippen LogP contribution in [0.15, 0.2) is 18.2 Å². The molecule has 9 heteroatoms. The Balaban J connectivity index is 1.82. The van der Waals surface area contributed by atoms with Crippen LogP contribution in [0.25, 0.3) is 0 Å². The lowest BCUT2D eigenvalue weighted by atomic mass is 10.1. The second-order valence-electron chi connectivity index (χ2n) is 6.88. The predicted octanol–water partition coefficient (Wildman–Crippen LogP) is 3.70. The molecule has 30 heavy (non-hydrogen) atoms. The Hall–Kier alpha value is -3.07. The summed E-state index contributed by atoms with van der Waals surface area (Å²) in [5.74, 6) is -0.500. The molecule has 1 aromatic carbocycles. The third-order valence-electron chi connectivity index (χ3n) is 4.85. The van der Waals surface area contributed by atoms with E-state index in [4.69, 9.17) is 14.6 Å². The molecule has 2 amide bonds. The van der Waals surface area contributed by atoms with Crippen LogP contribution in [0.4, 0.5) is 10.7 Å². The van der Waals surface area contributed by atoms with Gasteiger partial charge in [0.2, 0.25) is 5.91 Å². The molecule has 1 aromatic heterocycles. The number of fused-ring (bicyclic) bond motifs is 1. The van der Waals surface area contributed by atoms with Crippen LogP contribution in [-0.2, 0) is 22.4 Å². The van der Waals surface area contributed by atoms with E-state index in [1.165, 1.54) is 25.6 Å².